The van der Waals surface area contributed by atoms with E-state index in [1.54, 1.807) is 11.7 Å². The molecule has 0 saturated carbocycles. The molecule has 4 N–H and O–H groups in total. The molecule has 0 aliphatic rings. The van der Waals surface area contributed by atoms with Gasteiger partial charge in [0.05, 0.1) is 33.2 Å². The van der Waals surface area contributed by atoms with Gasteiger partial charge in [0.25, 0.3) is 0 Å². The van der Waals surface area contributed by atoms with Gasteiger partial charge in [-0.25, -0.2) is 14.6 Å². The van der Waals surface area contributed by atoms with E-state index in [1.807, 2.05) is 93.7 Å². The fourth-order valence-corrected chi connectivity index (χ4v) is 6.46. The van der Waals surface area contributed by atoms with Crippen molar-refractivity contribution in [2.24, 2.45) is 5.92 Å². The van der Waals surface area contributed by atoms with Crippen LogP contribution in [-0.2, 0) is 40.3 Å². The Morgan fingerprint density at radius 1 is 0.816 bits per heavy atom. The number of carbonyl (C=O) groups is 3. The van der Waals surface area contributed by atoms with Gasteiger partial charge in [0.1, 0.15) is 19.3 Å². The highest BCUT2D eigenvalue weighted by molar-refractivity contribution is 7.09. The van der Waals surface area contributed by atoms with Crippen LogP contribution in [0.4, 0.5) is 9.59 Å². The largest absolute Gasteiger partial charge is 0.444 e. The van der Waals surface area contributed by atoms with E-state index in [4.69, 9.17) is 9.47 Å². The molecule has 0 aliphatic carbocycles. The number of hydrogen-bond acceptors (Lipinski definition) is 10. The number of rotatable bonds is 17. The van der Waals surface area contributed by atoms with E-state index in [9.17, 15) is 19.5 Å². The molecule has 3 amide bonds. The van der Waals surface area contributed by atoms with E-state index in [1.165, 1.54) is 22.7 Å². The lowest BCUT2D eigenvalue weighted by molar-refractivity contribution is -0.125. The number of carbonyl (C=O) groups excluding carboxylic acids is 3. The smallest absolute Gasteiger partial charge is 0.408 e. The number of benzene rings is 2. The third-order valence-corrected chi connectivity index (χ3v) is 9.68. The zero-order chi connectivity index (χ0) is 35.2. The first-order valence-electron chi connectivity index (χ1n) is 16.3. The maximum absolute atomic E-state index is 13.7. The Labute approximate surface area is 295 Å². The van der Waals surface area contributed by atoms with E-state index < -0.39 is 42.3 Å². The summed E-state index contributed by atoms with van der Waals surface area (Å²) in [5, 5.41) is 23.0. The van der Waals surface area contributed by atoms with E-state index in [0.29, 0.717) is 18.5 Å². The number of alkyl carbamates (subject to hydrolysis) is 2. The monoisotopic (exact) mass is 707 g/mol. The average Bonchev–Trinajstić information content (AvgIpc) is 3.79. The first kappa shape index (κ1) is 37.5. The number of aliphatic hydroxyl groups excluding tert-OH is 1. The summed E-state index contributed by atoms with van der Waals surface area (Å²) < 4.78 is 10.8. The van der Waals surface area contributed by atoms with Crippen LogP contribution in [0.2, 0.25) is 0 Å². The van der Waals surface area contributed by atoms with Crippen molar-refractivity contribution in [3.05, 3.63) is 104 Å². The number of thiazole rings is 2. The minimum atomic E-state index is -1.06. The minimum absolute atomic E-state index is 0.00718. The summed E-state index contributed by atoms with van der Waals surface area (Å²) in [5.74, 6) is -0.397. The Morgan fingerprint density at radius 2 is 1.45 bits per heavy atom. The Hall–Kier alpha value is -4.33. The van der Waals surface area contributed by atoms with Crippen LogP contribution in [0.15, 0.2) is 77.8 Å². The average molecular weight is 708 g/mol. The molecule has 2 heterocycles. The predicted molar refractivity (Wildman–Crippen MR) is 190 cm³/mol. The van der Waals surface area contributed by atoms with E-state index >= 15 is 0 Å². The number of aromatic nitrogens is 2. The van der Waals surface area contributed by atoms with Gasteiger partial charge in [-0.1, -0.05) is 88.4 Å². The van der Waals surface area contributed by atoms with Crippen LogP contribution in [0.5, 0.6) is 0 Å². The van der Waals surface area contributed by atoms with Gasteiger partial charge in [0.2, 0.25) is 5.91 Å². The third-order valence-electron chi connectivity index (χ3n) is 7.73. The molecule has 13 heteroatoms. The molecule has 0 fully saturated rings. The van der Waals surface area contributed by atoms with Crippen molar-refractivity contribution in [1.82, 2.24) is 25.9 Å². The van der Waals surface area contributed by atoms with Gasteiger partial charge in [0, 0.05) is 23.5 Å². The van der Waals surface area contributed by atoms with Crippen molar-refractivity contribution in [3.8, 4) is 0 Å². The van der Waals surface area contributed by atoms with Crippen LogP contribution in [0, 0.1) is 5.92 Å². The molecule has 1 unspecified atom stereocenters. The highest BCUT2D eigenvalue weighted by Gasteiger charge is 2.30. The summed E-state index contributed by atoms with van der Waals surface area (Å²) in [7, 11) is 0. The molecule has 0 aliphatic heterocycles. The highest BCUT2D eigenvalue weighted by atomic mass is 32.1. The van der Waals surface area contributed by atoms with Gasteiger partial charge in [0.15, 0.2) is 0 Å². The highest BCUT2D eigenvalue weighted by Crippen LogP contribution is 2.20. The summed E-state index contributed by atoms with van der Waals surface area (Å²) >= 11 is 2.89. The molecule has 0 bridgehead atoms. The molecular formula is C36H45N5O6S2. The quantitative estimate of drug-likeness (QED) is 0.105. The molecule has 11 nitrogen and oxygen atoms in total. The molecule has 4 rings (SSSR count). The normalized spacial score (nSPS) is 13.7. The predicted octanol–water partition coefficient (Wildman–Crippen LogP) is 5.99. The van der Waals surface area contributed by atoms with Crippen molar-refractivity contribution in [2.75, 3.05) is 0 Å². The number of nitrogens with one attached hydrogen (secondary N) is 3. The Bertz CT molecular complexity index is 1580. The van der Waals surface area contributed by atoms with Crippen molar-refractivity contribution >= 4 is 40.8 Å². The second kappa shape index (κ2) is 19.0. The van der Waals surface area contributed by atoms with E-state index in [2.05, 4.69) is 25.9 Å². The Kier molecular flexibility index (Phi) is 14.5. The fraction of sp³-hybridized carbons (Fsp3) is 0.417. The second-order valence-electron chi connectivity index (χ2n) is 12.5. The lowest BCUT2D eigenvalue weighted by atomic mass is 9.93. The number of aliphatic hydroxyl groups is 1. The molecule has 0 radical (unpaired) electrons. The number of ether oxygens (including phenoxy) is 2. The first-order chi connectivity index (χ1) is 23.6. The SMILES string of the molecule is CC(C)c1nc(COC(=O)NC(C(=O)N[C@@H](Cc2ccccc2)C[C@H](O)[C@H](Cc2ccccc2)NC(=O)OCc2cncs2)C(C)C)cs1. The summed E-state index contributed by atoms with van der Waals surface area (Å²) in [6, 6.07) is 17.0. The van der Waals surface area contributed by atoms with Crippen LogP contribution in [0.25, 0.3) is 0 Å². The van der Waals surface area contributed by atoms with Crippen molar-refractivity contribution in [1.29, 1.82) is 0 Å². The third kappa shape index (κ3) is 12.6. The summed E-state index contributed by atoms with van der Waals surface area (Å²) in [5.41, 5.74) is 4.18. The minimum Gasteiger partial charge on any atom is -0.444 e. The Morgan fingerprint density at radius 3 is 2.04 bits per heavy atom. The molecule has 4 atom stereocenters. The maximum atomic E-state index is 13.7. The lowest BCUT2D eigenvalue weighted by Crippen LogP contribution is -2.54. The molecule has 262 valence electrons. The zero-order valence-electron chi connectivity index (χ0n) is 28.2. The van der Waals surface area contributed by atoms with E-state index in [-0.39, 0.29) is 31.5 Å². The fourth-order valence-electron chi connectivity index (χ4n) is 5.13. The Balaban J connectivity index is 1.44. The van der Waals surface area contributed by atoms with Crippen LogP contribution in [-0.4, -0.2) is 57.4 Å². The topological polar surface area (TPSA) is 152 Å². The van der Waals surface area contributed by atoms with Gasteiger partial charge in [-0.2, -0.15) is 0 Å². The first-order valence-corrected chi connectivity index (χ1v) is 18.1. The summed E-state index contributed by atoms with van der Waals surface area (Å²) in [6.45, 7) is 7.81. The van der Waals surface area contributed by atoms with Crippen LogP contribution in [0.1, 0.15) is 66.7 Å². The van der Waals surface area contributed by atoms with Gasteiger partial charge in [-0.15, -0.1) is 22.7 Å². The lowest BCUT2D eigenvalue weighted by Gasteiger charge is -2.30. The molecule has 4 aromatic rings. The summed E-state index contributed by atoms with van der Waals surface area (Å²) in [4.78, 5) is 48.7. The molecule has 2 aromatic carbocycles. The standard InChI is InChI=1S/C36H45N5O6S2/c1-23(2)32(41-36(45)46-19-28-21-48-34(39-28)24(3)4)33(43)38-27(15-25-11-7-5-8-12-25)17-31(42)30(16-26-13-9-6-10-14-26)40-35(44)47-20-29-18-37-22-49-29/h5-14,18,21-24,27,30-32,42H,15-17,19-20H2,1-4H3,(H,38,43)(H,40,44)(H,41,45)/t27-,30-,31-,32?/m0/s1. The van der Waals surface area contributed by atoms with Crippen molar-refractivity contribution in [2.45, 2.75) is 90.3 Å². The van der Waals surface area contributed by atoms with Gasteiger partial charge < -0.3 is 30.5 Å². The number of hydrogen-bond donors (Lipinski definition) is 4. The van der Waals surface area contributed by atoms with Gasteiger partial charge in [-0.3, -0.25) is 9.78 Å². The molecular weight excluding hydrogens is 663 g/mol. The molecule has 0 spiro atoms. The van der Waals surface area contributed by atoms with Crippen LogP contribution < -0.4 is 16.0 Å². The zero-order valence-corrected chi connectivity index (χ0v) is 29.8. The maximum Gasteiger partial charge on any atom is 0.408 e. The molecule has 0 saturated heterocycles. The van der Waals surface area contributed by atoms with Crippen LogP contribution in [0.3, 0.4) is 0 Å². The molecule has 2 aromatic heterocycles. The van der Waals surface area contributed by atoms with Gasteiger partial charge in [-0.05, 0) is 36.3 Å². The molecule has 49 heavy (non-hydrogen) atoms. The number of amides is 3. The summed E-state index contributed by atoms with van der Waals surface area (Å²) in [6.07, 6.45) is 0.0411. The van der Waals surface area contributed by atoms with Gasteiger partial charge >= 0.3 is 12.2 Å². The van der Waals surface area contributed by atoms with E-state index in [0.717, 1.165) is 21.0 Å². The van der Waals surface area contributed by atoms with Crippen molar-refractivity contribution < 1.29 is 29.0 Å². The van der Waals surface area contributed by atoms with Crippen LogP contribution >= 0.6 is 22.7 Å². The second-order valence-corrected chi connectivity index (χ2v) is 14.3. The van der Waals surface area contributed by atoms with Crippen molar-refractivity contribution in [3.63, 3.8) is 0 Å². The number of nitrogens with zero attached hydrogens (tertiary/aromatic N) is 2.